The van der Waals surface area contributed by atoms with Gasteiger partial charge in [-0.05, 0) is 31.0 Å². The van der Waals surface area contributed by atoms with E-state index in [9.17, 15) is 0 Å². The number of hydrogen-bond donors (Lipinski definition) is 2. The van der Waals surface area contributed by atoms with Crippen molar-refractivity contribution in [3.8, 4) is 5.75 Å². The molecule has 1 aromatic carbocycles. The summed E-state index contributed by atoms with van der Waals surface area (Å²) in [4.78, 5) is 4.42. The van der Waals surface area contributed by atoms with Crippen LogP contribution in [0.2, 0.25) is 5.02 Å². The minimum Gasteiger partial charge on any atom is -0.495 e. The molecule has 0 amide bonds. The molecule has 3 N–H and O–H groups in total. The molecular weight excluding hydrogens is 339 g/mol. The van der Waals surface area contributed by atoms with Gasteiger partial charge < -0.3 is 20.3 Å². The number of halogens is 2. The lowest BCUT2D eigenvalue weighted by atomic mass is 9.99. The summed E-state index contributed by atoms with van der Waals surface area (Å²) in [7, 11) is 1.61. The maximum Gasteiger partial charge on any atom is 0.246 e. The van der Waals surface area contributed by atoms with E-state index in [0.717, 1.165) is 31.4 Å². The fourth-order valence-electron chi connectivity index (χ4n) is 2.75. The van der Waals surface area contributed by atoms with E-state index < -0.39 is 5.54 Å². The largest absolute Gasteiger partial charge is 0.495 e. The van der Waals surface area contributed by atoms with Gasteiger partial charge in [-0.3, -0.25) is 0 Å². The van der Waals surface area contributed by atoms with Crippen molar-refractivity contribution in [3.63, 3.8) is 0 Å². The fourth-order valence-corrected chi connectivity index (χ4v) is 2.92. The van der Waals surface area contributed by atoms with Gasteiger partial charge in [-0.15, -0.1) is 12.4 Å². The van der Waals surface area contributed by atoms with E-state index in [0.29, 0.717) is 29.0 Å². The highest BCUT2D eigenvalue weighted by Crippen LogP contribution is 2.34. The molecule has 0 spiro atoms. The molecular formula is C15H20Cl2N4O2. The van der Waals surface area contributed by atoms with Gasteiger partial charge in [0.05, 0.1) is 24.9 Å². The lowest BCUT2D eigenvalue weighted by molar-refractivity contribution is 0.351. The number of methoxy groups -OCH3 is 1. The van der Waals surface area contributed by atoms with Crippen LogP contribution in [0.3, 0.4) is 0 Å². The third-order valence-electron chi connectivity index (χ3n) is 4.00. The Bertz CT molecular complexity index is 657. The molecule has 0 bridgehead atoms. The van der Waals surface area contributed by atoms with Crippen LogP contribution in [0.15, 0.2) is 22.7 Å². The topological polar surface area (TPSA) is 86.2 Å². The second-order valence-corrected chi connectivity index (χ2v) is 6.01. The Labute approximate surface area is 146 Å². The Kier molecular flexibility index (Phi) is 5.73. The van der Waals surface area contributed by atoms with E-state index in [1.54, 1.807) is 25.3 Å². The van der Waals surface area contributed by atoms with Crippen molar-refractivity contribution in [2.75, 3.05) is 12.4 Å². The lowest BCUT2D eigenvalue weighted by Crippen LogP contribution is -2.34. The molecule has 1 fully saturated rings. The Morgan fingerprint density at radius 3 is 2.83 bits per heavy atom. The second-order valence-electron chi connectivity index (χ2n) is 5.57. The van der Waals surface area contributed by atoms with E-state index in [2.05, 4.69) is 15.5 Å². The summed E-state index contributed by atoms with van der Waals surface area (Å²) in [6, 6.07) is 5.37. The minimum atomic E-state index is -0.435. The van der Waals surface area contributed by atoms with Crippen LogP contribution >= 0.6 is 24.0 Å². The summed E-state index contributed by atoms with van der Waals surface area (Å²) in [5, 5.41) is 7.85. The molecule has 1 heterocycles. The van der Waals surface area contributed by atoms with Crippen LogP contribution in [0, 0.1) is 0 Å². The maximum absolute atomic E-state index is 6.32. The predicted octanol–water partition coefficient (Wildman–Crippen LogP) is 3.49. The third kappa shape index (κ3) is 3.88. The van der Waals surface area contributed by atoms with Gasteiger partial charge in [0.2, 0.25) is 5.89 Å². The number of ether oxygens (including phenoxy) is 1. The van der Waals surface area contributed by atoms with Gasteiger partial charge in [0, 0.05) is 5.02 Å². The van der Waals surface area contributed by atoms with Crippen LogP contribution in [0.5, 0.6) is 5.75 Å². The van der Waals surface area contributed by atoms with Crippen LogP contribution in [0.25, 0.3) is 0 Å². The molecule has 0 unspecified atom stereocenters. The Balaban J connectivity index is 0.00000192. The van der Waals surface area contributed by atoms with E-state index in [1.807, 2.05) is 0 Å². The molecule has 0 aliphatic heterocycles. The molecule has 1 aliphatic rings. The van der Waals surface area contributed by atoms with Crippen LogP contribution in [0.1, 0.15) is 37.4 Å². The third-order valence-corrected chi connectivity index (χ3v) is 4.24. The Hall–Kier alpha value is -1.50. The molecule has 0 saturated heterocycles. The van der Waals surface area contributed by atoms with E-state index in [-0.39, 0.29) is 12.4 Å². The summed E-state index contributed by atoms with van der Waals surface area (Å²) in [5.41, 5.74) is 6.66. The number of nitrogens with one attached hydrogen (secondary N) is 1. The predicted molar refractivity (Wildman–Crippen MR) is 91.2 cm³/mol. The zero-order valence-corrected chi connectivity index (χ0v) is 14.4. The molecule has 1 aliphatic carbocycles. The van der Waals surface area contributed by atoms with Gasteiger partial charge in [0.25, 0.3) is 0 Å². The average Bonchev–Trinajstić information content (AvgIpc) is 3.15. The first-order valence-electron chi connectivity index (χ1n) is 7.30. The van der Waals surface area contributed by atoms with Crippen molar-refractivity contribution in [1.29, 1.82) is 0 Å². The minimum absolute atomic E-state index is 0. The first-order chi connectivity index (χ1) is 10.6. The normalized spacial score (nSPS) is 16.0. The number of rotatable bonds is 5. The van der Waals surface area contributed by atoms with Gasteiger partial charge in [-0.2, -0.15) is 4.98 Å². The highest BCUT2D eigenvalue weighted by atomic mass is 35.5. The molecule has 3 rings (SSSR count). The molecule has 23 heavy (non-hydrogen) atoms. The molecule has 126 valence electrons. The van der Waals surface area contributed by atoms with Gasteiger partial charge in [-0.1, -0.05) is 29.6 Å². The lowest BCUT2D eigenvalue weighted by Gasteiger charge is -2.17. The number of nitrogens with zero attached hydrogens (tertiary/aromatic N) is 2. The molecule has 8 heteroatoms. The van der Waals surface area contributed by atoms with Gasteiger partial charge in [0.1, 0.15) is 5.75 Å². The highest BCUT2D eigenvalue weighted by Gasteiger charge is 2.35. The zero-order chi connectivity index (χ0) is 15.6. The molecule has 1 aromatic heterocycles. The first-order valence-corrected chi connectivity index (χ1v) is 7.68. The van der Waals surface area contributed by atoms with Crippen molar-refractivity contribution in [2.24, 2.45) is 5.73 Å². The number of benzene rings is 1. The van der Waals surface area contributed by atoms with Crippen molar-refractivity contribution in [2.45, 2.75) is 37.8 Å². The number of hydrogen-bond acceptors (Lipinski definition) is 6. The number of nitrogens with two attached hydrogens (primary N) is 1. The monoisotopic (exact) mass is 358 g/mol. The van der Waals surface area contributed by atoms with Crippen molar-refractivity contribution in [3.05, 3.63) is 34.9 Å². The maximum atomic E-state index is 6.32. The van der Waals surface area contributed by atoms with Crippen LogP contribution in [0.4, 0.5) is 5.69 Å². The molecule has 2 aromatic rings. The molecule has 6 nitrogen and oxygen atoms in total. The van der Waals surface area contributed by atoms with Crippen molar-refractivity contribution >= 4 is 29.7 Å². The Morgan fingerprint density at radius 1 is 1.39 bits per heavy atom. The van der Waals surface area contributed by atoms with E-state index in [4.69, 9.17) is 26.6 Å². The van der Waals surface area contributed by atoms with Crippen molar-refractivity contribution < 1.29 is 9.26 Å². The van der Waals surface area contributed by atoms with Crippen molar-refractivity contribution in [1.82, 2.24) is 10.1 Å². The molecule has 0 atom stereocenters. The van der Waals surface area contributed by atoms with Gasteiger partial charge in [0.15, 0.2) is 5.82 Å². The van der Waals surface area contributed by atoms with Gasteiger partial charge in [-0.25, -0.2) is 0 Å². The quantitative estimate of drug-likeness (QED) is 0.850. The van der Waals surface area contributed by atoms with Crippen LogP contribution < -0.4 is 15.8 Å². The molecule has 0 radical (unpaired) electrons. The number of aromatic nitrogens is 2. The summed E-state index contributed by atoms with van der Waals surface area (Å²) >= 11 is 6.00. The molecule has 1 saturated carbocycles. The van der Waals surface area contributed by atoms with E-state index >= 15 is 0 Å². The average molecular weight is 359 g/mol. The summed E-state index contributed by atoms with van der Waals surface area (Å²) in [6.07, 6.45) is 4.03. The second kappa shape index (κ2) is 7.38. The first kappa shape index (κ1) is 17.8. The summed E-state index contributed by atoms with van der Waals surface area (Å²) in [5.74, 6) is 1.80. The smallest absolute Gasteiger partial charge is 0.246 e. The summed E-state index contributed by atoms with van der Waals surface area (Å²) < 4.78 is 10.6. The SMILES string of the molecule is COc1ccc(Cl)cc1NCc1nc(C2(N)CCCC2)no1.Cl. The highest BCUT2D eigenvalue weighted by molar-refractivity contribution is 6.30. The standard InChI is InChI=1S/C15H19ClN4O2.ClH/c1-21-12-5-4-10(16)8-11(12)18-9-13-19-14(20-22-13)15(17)6-2-3-7-15;/h4-5,8,18H,2-3,6-7,9,17H2,1H3;1H. The van der Waals surface area contributed by atoms with Crippen LogP contribution in [-0.2, 0) is 12.1 Å². The van der Waals surface area contributed by atoms with Crippen LogP contribution in [-0.4, -0.2) is 17.3 Å². The fraction of sp³-hybridized carbons (Fsp3) is 0.467. The Morgan fingerprint density at radius 2 is 2.13 bits per heavy atom. The number of anilines is 1. The summed E-state index contributed by atoms with van der Waals surface area (Å²) in [6.45, 7) is 0.389. The zero-order valence-electron chi connectivity index (χ0n) is 12.8. The van der Waals surface area contributed by atoms with E-state index in [1.165, 1.54) is 0 Å². The van der Waals surface area contributed by atoms with Gasteiger partial charge >= 0.3 is 0 Å².